The quantitative estimate of drug-likeness (QED) is 0.131. The first-order valence-corrected chi connectivity index (χ1v) is 11.6. The summed E-state index contributed by atoms with van der Waals surface area (Å²) < 4.78 is 0. The summed E-state index contributed by atoms with van der Waals surface area (Å²) in [7, 11) is 0. The molecule has 33 heavy (non-hydrogen) atoms. The fourth-order valence-corrected chi connectivity index (χ4v) is 3.79. The number of unbranched alkanes of at least 4 members (excludes halogenated alkanes) is 2. The average molecular weight is 473 g/mol. The molecule has 12 nitrogen and oxygen atoms in total. The Morgan fingerprint density at radius 2 is 1.64 bits per heavy atom. The molecule has 12 heteroatoms. The summed E-state index contributed by atoms with van der Waals surface area (Å²) in [5.41, 5.74) is 16.8. The molecular weight excluding hydrogens is 432 g/mol. The van der Waals surface area contributed by atoms with E-state index in [0.717, 1.165) is 0 Å². The SMILES string of the molecule is CC(O)C(NC(=O)C(N)CCCCN)C(=O)N1CCCC1C(=O)NC(CCCCN)C(=O)O. The summed E-state index contributed by atoms with van der Waals surface area (Å²) in [6.45, 7) is 2.53. The van der Waals surface area contributed by atoms with Crippen LogP contribution >= 0.6 is 0 Å². The second kappa shape index (κ2) is 14.8. The van der Waals surface area contributed by atoms with E-state index in [-0.39, 0.29) is 13.0 Å². The molecule has 1 rings (SSSR count). The Balaban J connectivity index is 2.82. The van der Waals surface area contributed by atoms with Crippen molar-refractivity contribution in [2.24, 2.45) is 17.2 Å². The van der Waals surface area contributed by atoms with Gasteiger partial charge >= 0.3 is 5.97 Å². The topological polar surface area (TPSA) is 214 Å². The Morgan fingerprint density at radius 3 is 2.18 bits per heavy atom. The van der Waals surface area contributed by atoms with Crippen molar-refractivity contribution >= 4 is 23.7 Å². The van der Waals surface area contributed by atoms with Crippen molar-refractivity contribution in [3.8, 4) is 0 Å². The van der Waals surface area contributed by atoms with E-state index in [1.165, 1.54) is 11.8 Å². The van der Waals surface area contributed by atoms with Crippen LogP contribution in [-0.2, 0) is 19.2 Å². The Labute approximate surface area is 194 Å². The number of likely N-dealkylation sites (tertiary alicyclic amines) is 1. The van der Waals surface area contributed by atoms with Gasteiger partial charge in [0.25, 0.3) is 0 Å². The smallest absolute Gasteiger partial charge is 0.326 e. The van der Waals surface area contributed by atoms with Crippen molar-refractivity contribution in [3.63, 3.8) is 0 Å². The van der Waals surface area contributed by atoms with E-state index in [1.54, 1.807) is 0 Å². The lowest BCUT2D eigenvalue weighted by molar-refractivity contribution is -0.146. The van der Waals surface area contributed by atoms with Crippen molar-refractivity contribution in [2.45, 2.75) is 88.6 Å². The van der Waals surface area contributed by atoms with Gasteiger partial charge in [0.15, 0.2) is 0 Å². The number of aliphatic carboxylic acids is 1. The highest BCUT2D eigenvalue weighted by atomic mass is 16.4. The molecular formula is C21H40N6O6. The molecule has 0 aromatic rings. The van der Waals surface area contributed by atoms with Crippen molar-refractivity contribution in [1.29, 1.82) is 0 Å². The number of carboxylic acids is 1. The van der Waals surface area contributed by atoms with E-state index in [2.05, 4.69) is 10.6 Å². The predicted octanol–water partition coefficient (Wildman–Crippen LogP) is -2.00. The maximum Gasteiger partial charge on any atom is 0.326 e. The van der Waals surface area contributed by atoms with Crippen molar-refractivity contribution in [3.05, 3.63) is 0 Å². The van der Waals surface area contributed by atoms with Gasteiger partial charge in [-0.1, -0.05) is 6.42 Å². The van der Waals surface area contributed by atoms with Crippen LogP contribution in [0.1, 0.15) is 58.3 Å². The number of aliphatic hydroxyl groups is 1. The number of carboxylic acid groups (broad SMARTS) is 1. The van der Waals surface area contributed by atoms with Crippen molar-refractivity contribution in [2.75, 3.05) is 19.6 Å². The third-order valence-corrected chi connectivity index (χ3v) is 5.75. The number of carbonyl (C=O) groups is 4. The predicted molar refractivity (Wildman–Crippen MR) is 122 cm³/mol. The van der Waals surface area contributed by atoms with Crippen LogP contribution in [0.4, 0.5) is 0 Å². The van der Waals surface area contributed by atoms with Gasteiger partial charge in [0, 0.05) is 6.54 Å². The fraction of sp³-hybridized carbons (Fsp3) is 0.810. The first-order valence-electron chi connectivity index (χ1n) is 11.6. The normalized spacial score (nSPS) is 19.4. The maximum absolute atomic E-state index is 13.1. The molecule has 1 heterocycles. The van der Waals surface area contributed by atoms with Gasteiger partial charge < -0.3 is 42.9 Å². The Hall–Kier alpha value is -2.28. The number of carbonyl (C=O) groups excluding carboxylic acids is 3. The van der Waals surface area contributed by atoms with E-state index in [9.17, 15) is 29.4 Å². The molecule has 1 aliphatic rings. The fourth-order valence-electron chi connectivity index (χ4n) is 3.79. The highest BCUT2D eigenvalue weighted by Crippen LogP contribution is 2.20. The lowest BCUT2D eigenvalue weighted by Gasteiger charge is -2.31. The van der Waals surface area contributed by atoms with Gasteiger partial charge in [-0.2, -0.15) is 0 Å². The molecule has 10 N–H and O–H groups in total. The van der Waals surface area contributed by atoms with Crippen LogP contribution in [0.2, 0.25) is 0 Å². The van der Waals surface area contributed by atoms with Crippen LogP contribution in [0.5, 0.6) is 0 Å². The van der Waals surface area contributed by atoms with Crippen LogP contribution < -0.4 is 27.8 Å². The Kier molecular flexibility index (Phi) is 12.9. The molecule has 3 amide bonds. The molecule has 0 saturated carbocycles. The van der Waals surface area contributed by atoms with Crippen molar-refractivity contribution < 1.29 is 29.4 Å². The summed E-state index contributed by atoms with van der Waals surface area (Å²) in [5, 5.41) is 24.5. The molecule has 0 spiro atoms. The highest BCUT2D eigenvalue weighted by Gasteiger charge is 2.40. The zero-order valence-electron chi connectivity index (χ0n) is 19.4. The molecule has 5 atom stereocenters. The van der Waals surface area contributed by atoms with Crippen LogP contribution in [0.3, 0.4) is 0 Å². The second-order valence-corrected chi connectivity index (χ2v) is 8.49. The van der Waals surface area contributed by atoms with Gasteiger partial charge in [0.2, 0.25) is 17.7 Å². The Morgan fingerprint density at radius 1 is 1.03 bits per heavy atom. The van der Waals surface area contributed by atoms with Crippen LogP contribution in [-0.4, -0.2) is 88.7 Å². The van der Waals surface area contributed by atoms with Gasteiger partial charge in [0.1, 0.15) is 18.1 Å². The summed E-state index contributed by atoms with van der Waals surface area (Å²) in [5.74, 6) is -2.92. The minimum Gasteiger partial charge on any atom is -0.480 e. The first-order chi connectivity index (χ1) is 15.6. The number of hydrogen-bond acceptors (Lipinski definition) is 8. The monoisotopic (exact) mass is 472 g/mol. The third kappa shape index (κ3) is 9.24. The molecule has 1 aliphatic heterocycles. The van der Waals surface area contributed by atoms with E-state index >= 15 is 0 Å². The molecule has 1 fully saturated rings. The lowest BCUT2D eigenvalue weighted by atomic mass is 10.1. The second-order valence-electron chi connectivity index (χ2n) is 8.49. The molecule has 0 aromatic heterocycles. The molecule has 0 aliphatic carbocycles. The molecule has 0 bridgehead atoms. The maximum atomic E-state index is 13.1. The zero-order chi connectivity index (χ0) is 25.0. The van der Waals surface area contributed by atoms with Crippen LogP contribution in [0.15, 0.2) is 0 Å². The number of hydrogen-bond donors (Lipinski definition) is 7. The van der Waals surface area contributed by atoms with E-state index in [0.29, 0.717) is 58.0 Å². The summed E-state index contributed by atoms with van der Waals surface area (Å²) in [6.07, 6.45) is 2.84. The molecule has 1 saturated heterocycles. The van der Waals surface area contributed by atoms with Gasteiger partial charge in [0.05, 0.1) is 12.1 Å². The first kappa shape index (κ1) is 28.8. The number of amides is 3. The Bertz CT molecular complexity index is 661. The van der Waals surface area contributed by atoms with Crippen LogP contribution in [0.25, 0.3) is 0 Å². The minimum absolute atomic E-state index is 0.230. The summed E-state index contributed by atoms with van der Waals surface area (Å²) in [6, 6.07) is -4.09. The summed E-state index contributed by atoms with van der Waals surface area (Å²) >= 11 is 0. The van der Waals surface area contributed by atoms with E-state index < -0.39 is 54.0 Å². The number of nitrogens with zero attached hydrogens (tertiary/aromatic N) is 1. The largest absolute Gasteiger partial charge is 0.480 e. The number of nitrogens with two attached hydrogens (primary N) is 3. The number of nitrogens with one attached hydrogen (secondary N) is 2. The van der Waals surface area contributed by atoms with Gasteiger partial charge in [-0.15, -0.1) is 0 Å². The molecule has 0 aromatic carbocycles. The molecule has 0 radical (unpaired) electrons. The third-order valence-electron chi connectivity index (χ3n) is 5.75. The number of aliphatic hydroxyl groups excluding tert-OH is 1. The highest BCUT2D eigenvalue weighted by molar-refractivity contribution is 5.94. The van der Waals surface area contributed by atoms with Crippen LogP contribution in [0, 0.1) is 0 Å². The van der Waals surface area contributed by atoms with E-state index in [1.807, 2.05) is 0 Å². The molecule has 5 unspecified atom stereocenters. The number of rotatable bonds is 15. The zero-order valence-corrected chi connectivity index (χ0v) is 19.4. The van der Waals surface area contributed by atoms with E-state index in [4.69, 9.17) is 17.2 Å². The molecule has 190 valence electrons. The standard InChI is InChI=1S/C21H40N6O6/c1-13(28)17(26-18(29)14(24)7-2-4-10-22)20(31)27-12-6-9-16(27)19(30)25-15(21(32)33)8-3-5-11-23/h13-17,28H,2-12,22-24H2,1H3,(H,25,30)(H,26,29)(H,32,33). The summed E-state index contributed by atoms with van der Waals surface area (Å²) in [4.78, 5) is 51.2. The van der Waals surface area contributed by atoms with Gasteiger partial charge in [-0.25, -0.2) is 4.79 Å². The minimum atomic E-state index is -1.27. The van der Waals surface area contributed by atoms with Gasteiger partial charge in [-0.05, 0) is 65.0 Å². The van der Waals surface area contributed by atoms with Gasteiger partial charge in [-0.3, -0.25) is 14.4 Å². The van der Waals surface area contributed by atoms with Crippen molar-refractivity contribution in [1.82, 2.24) is 15.5 Å². The average Bonchev–Trinajstić information content (AvgIpc) is 3.26. The lowest BCUT2D eigenvalue weighted by Crippen LogP contribution is -2.59.